The van der Waals surface area contributed by atoms with E-state index in [1.165, 1.54) is 12.8 Å². The van der Waals surface area contributed by atoms with Crippen LogP contribution in [0, 0.1) is 5.92 Å². The van der Waals surface area contributed by atoms with Crippen molar-refractivity contribution in [3.05, 3.63) is 30.1 Å². The minimum atomic E-state index is 0.288. The number of carbonyl (C=O) groups excluding carboxylic acids is 1. The van der Waals surface area contributed by atoms with Gasteiger partial charge in [-0.2, -0.15) is 0 Å². The van der Waals surface area contributed by atoms with Crippen LogP contribution in [0.2, 0.25) is 0 Å². The summed E-state index contributed by atoms with van der Waals surface area (Å²) in [5, 5.41) is 10.1. The van der Waals surface area contributed by atoms with Gasteiger partial charge in [0.2, 0.25) is 11.9 Å². The van der Waals surface area contributed by atoms with Crippen molar-refractivity contribution in [1.29, 1.82) is 0 Å². The number of carbonyl (C=O) groups is 1. The average Bonchev–Trinajstić information content (AvgIpc) is 3.62. The van der Waals surface area contributed by atoms with Gasteiger partial charge < -0.3 is 9.80 Å². The Kier molecular flexibility index (Phi) is 3.58. The van der Waals surface area contributed by atoms with Crippen molar-refractivity contribution in [2.45, 2.75) is 38.0 Å². The molecule has 0 radical (unpaired) electrons. The Hall–Kier alpha value is -2.70. The summed E-state index contributed by atoms with van der Waals surface area (Å²) in [4.78, 5) is 21.9. The van der Waals surface area contributed by atoms with Crippen LogP contribution in [-0.4, -0.2) is 56.6 Å². The second-order valence-electron chi connectivity index (χ2n) is 8.36. The maximum Gasteiger partial charge on any atom is 0.225 e. The molecular formula is C21H24N6O. The van der Waals surface area contributed by atoms with Crippen LogP contribution in [0.4, 0.5) is 5.95 Å². The molecule has 2 aromatic heterocycles. The molecule has 1 aromatic carbocycles. The van der Waals surface area contributed by atoms with Crippen molar-refractivity contribution >= 4 is 28.4 Å². The molecule has 0 atom stereocenters. The molecular weight excluding hydrogens is 352 g/mol. The Bertz CT molecular complexity index is 1070. The zero-order chi connectivity index (χ0) is 18.7. The second-order valence-corrected chi connectivity index (χ2v) is 8.36. The van der Waals surface area contributed by atoms with Gasteiger partial charge in [0.1, 0.15) is 5.82 Å². The molecule has 0 spiro atoms. The molecule has 3 heterocycles. The molecule has 1 amide bonds. The van der Waals surface area contributed by atoms with E-state index < -0.39 is 0 Å². The van der Waals surface area contributed by atoms with Gasteiger partial charge in [-0.05, 0) is 44.2 Å². The monoisotopic (exact) mass is 376 g/mol. The molecule has 3 aliphatic rings. The van der Waals surface area contributed by atoms with Crippen LogP contribution < -0.4 is 4.90 Å². The summed E-state index contributed by atoms with van der Waals surface area (Å²) in [7, 11) is 0. The molecule has 2 saturated carbocycles. The Balaban J connectivity index is 1.42. The van der Waals surface area contributed by atoms with E-state index in [2.05, 4.69) is 30.5 Å². The minimum Gasteiger partial charge on any atom is -0.341 e. The fraction of sp³-hybridized carbons (Fsp3) is 0.524. The van der Waals surface area contributed by atoms with Crippen LogP contribution in [0.3, 0.4) is 0 Å². The van der Waals surface area contributed by atoms with E-state index in [4.69, 9.17) is 4.98 Å². The first-order valence-electron chi connectivity index (χ1n) is 10.5. The predicted molar refractivity (Wildman–Crippen MR) is 106 cm³/mol. The highest BCUT2D eigenvalue weighted by Crippen LogP contribution is 2.40. The lowest BCUT2D eigenvalue weighted by Gasteiger charge is -2.24. The highest BCUT2D eigenvalue weighted by molar-refractivity contribution is 5.92. The normalized spacial score (nSPS) is 20.7. The predicted octanol–water partition coefficient (Wildman–Crippen LogP) is 2.60. The standard InChI is InChI=1S/C21H24N6O/c28-20(15-8-9-15)25-10-3-11-26(13-12-25)21-22-17-5-2-1-4-16(17)19-24-23-18(27(19)21)14-6-7-14/h1-2,4-5,14-15H,3,6-13H2. The quantitative estimate of drug-likeness (QED) is 0.703. The van der Waals surface area contributed by atoms with Gasteiger partial charge in [-0.15, -0.1) is 10.2 Å². The number of benzene rings is 1. The van der Waals surface area contributed by atoms with Crippen molar-refractivity contribution in [3.8, 4) is 0 Å². The zero-order valence-corrected chi connectivity index (χ0v) is 15.9. The van der Waals surface area contributed by atoms with E-state index in [-0.39, 0.29) is 5.92 Å². The number of anilines is 1. The van der Waals surface area contributed by atoms with Crippen molar-refractivity contribution < 1.29 is 4.79 Å². The van der Waals surface area contributed by atoms with Crippen LogP contribution in [0.25, 0.3) is 16.6 Å². The average molecular weight is 376 g/mol. The molecule has 6 rings (SSSR count). The molecule has 144 valence electrons. The van der Waals surface area contributed by atoms with Crippen molar-refractivity contribution in [2.75, 3.05) is 31.1 Å². The molecule has 3 fully saturated rings. The van der Waals surface area contributed by atoms with Gasteiger partial charge in [-0.25, -0.2) is 9.38 Å². The maximum absolute atomic E-state index is 12.5. The molecule has 0 bridgehead atoms. The summed E-state index contributed by atoms with van der Waals surface area (Å²) >= 11 is 0. The number of hydrogen-bond acceptors (Lipinski definition) is 5. The van der Waals surface area contributed by atoms with E-state index in [9.17, 15) is 4.79 Å². The van der Waals surface area contributed by atoms with Crippen molar-refractivity contribution in [3.63, 3.8) is 0 Å². The van der Waals surface area contributed by atoms with Gasteiger partial charge in [0.05, 0.1) is 5.52 Å². The molecule has 7 heteroatoms. The van der Waals surface area contributed by atoms with E-state index in [1.54, 1.807) is 0 Å². The zero-order valence-electron chi connectivity index (χ0n) is 15.9. The molecule has 2 aliphatic carbocycles. The Morgan fingerprint density at radius 1 is 0.964 bits per heavy atom. The maximum atomic E-state index is 12.5. The fourth-order valence-electron chi connectivity index (χ4n) is 4.33. The number of hydrogen-bond donors (Lipinski definition) is 0. The van der Waals surface area contributed by atoms with E-state index in [0.29, 0.717) is 11.8 Å². The molecule has 7 nitrogen and oxygen atoms in total. The van der Waals surface area contributed by atoms with Gasteiger partial charge in [-0.3, -0.25) is 4.79 Å². The van der Waals surface area contributed by atoms with E-state index in [0.717, 1.165) is 73.8 Å². The molecule has 0 unspecified atom stereocenters. The first kappa shape index (κ1) is 16.3. The van der Waals surface area contributed by atoms with Crippen molar-refractivity contribution in [2.24, 2.45) is 5.92 Å². The molecule has 1 aliphatic heterocycles. The lowest BCUT2D eigenvalue weighted by Crippen LogP contribution is -2.36. The van der Waals surface area contributed by atoms with Crippen LogP contribution in [0.15, 0.2) is 24.3 Å². The van der Waals surface area contributed by atoms with Gasteiger partial charge >= 0.3 is 0 Å². The molecule has 3 aromatic rings. The topological polar surface area (TPSA) is 66.6 Å². The van der Waals surface area contributed by atoms with Crippen LogP contribution in [-0.2, 0) is 4.79 Å². The summed E-state index contributed by atoms with van der Waals surface area (Å²) < 4.78 is 2.18. The first-order valence-corrected chi connectivity index (χ1v) is 10.5. The number of rotatable bonds is 3. The highest BCUT2D eigenvalue weighted by atomic mass is 16.2. The third-order valence-corrected chi connectivity index (χ3v) is 6.21. The smallest absolute Gasteiger partial charge is 0.225 e. The van der Waals surface area contributed by atoms with Crippen LogP contribution in [0.1, 0.15) is 43.8 Å². The third-order valence-electron chi connectivity index (χ3n) is 6.21. The number of para-hydroxylation sites is 1. The second kappa shape index (κ2) is 6.15. The van der Waals surface area contributed by atoms with E-state index >= 15 is 0 Å². The van der Waals surface area contributed by atoms with Gasteiger partial charge in [-0.1, -0.05) is 12.1 Å². The van der Waals surface area contributed by atoms with Gasteiger partial charge in [0, 0.05) is 43.4 Å². The number of fused-ring (bicyclic) bond motifs is 3. The fourth-order valence-corrected chi connectivity index (χ4v) is 4.33. The van der Waals surface area contributed by atoms with Gasteiger partial charge in [0.25, 0.3) is 0 Å². The first-order chi connectivity index (χ1) is 13.8. The molecule has 0 N–H and O–H groups in total. The minimum absolute atomic E-state index is 0.288. The summed E-state index contributed by atoms with van der Waals surface area (Å²) in [6.45, 7) is 3.32. The third kappa shape index (κ3) is 2.64. The number of aromatic nitrogens is 4. The van der Waals surface area contributed by atoms with Gasteiger partial charge in [0.15, 0.2) is 5.65 Å². The summed E-state index contributed by atoms with van der Waals surface area (Å²) in [5.74, 6) is 3.11. The SMILES string of the molecule is O=C(C1CC1)N1CCCN(c2nc3ccccc3c3nnc(C4CC4)n23)CC1. The largest absolute Gasteiger partial charge is 0.341 e. The summed E-state index contributed by atoms with van der Waals surface area (Å²) in [6, 6.07) is 8.17. The van der Waals surface area contributed by atoms with E-state index in [1.807, 2.05) is 18.2 Å². The lowest BCUT2D eigenvalue weighted by molar-refractivity contribution is -0.132. The molecule has 28 heavy (non-hydrogen) atoms. The molecule has 1 saturated heterocycles. The van der Waals surface area contributed by atoms with Crippen LogP contribution in [0.5, 0.6) is 0 Å². The number of amides is 1. The van der Waals surface area contributed by atoms with Crippen molar-refractivity contribution in [1.82, 2.24) is 24.5 Å². The summed E-state index contributed by atoms with van der Waals surface area (Å²) in [5.41, 5.74) is 1.85. The Labute approximate surface area is 163 Å². The van der Waals surface area contributed by atoms with Crippen LogP contribution >= 0.6 is 0 Å². The summed E-state index contributed by atoms with van der Waals surface area (Å²) in [6.07, 6.45) is 5.46. The Morgan fingerprint density at radius 3 is 2.64 bits per heavy atom. The highest BCUT2D eigenvalue weighted by Gasteiger charge is 2.35. The number of nitrogens with zero attached hydrogens (tertiary/aromatic N) is 6. The Morgan fingerprint density at radius 2 is 1.82 bits per heavy atom. The lowest BCUT2D eigenvalue weighted by atomic mass is 10.2.